The van der Waals surface area contributed by atoms with E-state index in [0.29, 0.717) is 18.3 Å². The molecule has 4 heteroatoms. The average molecular weight is 470 g/mol. The van der Waals surface area contributed by atoms with Gasteiger partial charge in [-0.3, -0.25) is 4.79 Å². The minimum absolute atomic E-state index is 0.0838. The van der Waals surface area contributed by atoms with E-state index in [1.807, 2.05) is 30.3 Å². The highest BCUT2D eigenvalue weighted by atomic mass is 16.2. The van der Waals surface area contributed by atoms with E-state index in [1.165, 1.54) is 36.1 Å². The molecule has 2 aliphatic heterocycles. The van der Waals surface area contributed by atoms with E-state index in [2.05, 4.69) is 59.5 Å². The van der Waals surface area contributed by atoms with E-state index in [4.69, 9.17) is 0 Å². The normalized spacial score (nSPS) is 28.0. The Kier molecular flexibility index (Phi) is 7.26. The van der Waals surface area contributed by atoms with Gasteiger partial charge < -0.3 is 15.5 Å². The SMILES string of the molecule is C=C(C1=CCC(C2=CNC([C@@H]3CCCN3C(=O)Cc3ccccc3)N2)C=C1)C1CCCC=C1CC. The van der Waals surface area contributed by atoms with E-state index in [0.717, 1.165) is 37.8 Å². The summed E-state index contributed by atoms with van der Waals surface area (Å²) >= 11 is 0. The highest BCUT2D eigenvalue weighted by Crippen LogP contribution is 2.37. The molecule has 1 fully saturated rings. The van der Waals surface area contributed by atoms with E-state index < -0.39 is 0 Å². The molecule has 2 heterocycles. The smallest absolute Gasteiger partial charge is 0.227 e. The van der Waals surface area contributed by atoms with Crippen molar-refractivity contribution < 1.29 is 4.79 Å². The van der Waals surface area contributed by atoms with Crippen molar-refractivity contribution in [2.75, 3.05) is 6.54 Å². The van der Waals surface area contributed by atoms with Crippen LogP contribution in [0.3, 0.4) is 0 Å². The van der Waals surface area contributed by atoms with Crippen LogP contribution in [0.15, 0.2) is 89.8 Å². The van der Waals surface area contributed by atoms with Gasteiger partial charge in [-0.25, -0.2) is 0 Å². The summed E-state index contributed by atoms with van der Waals surface area (Å²) in [6.07, 6.45) is 20.0. The number of carbonyl (C=O) groups is 1. The number of nitrogens with zero attached hydrogens (tertiary/aromatic N) is 1. The molecular formula is C31H39N3O. The maximum absolute atomic E-state index is 13.1. The largest absolute Gasteiger partial charge is 0.368 e. The number of rotatable bonds is 7. The van der Waals surface area contributed by atoms with Gasteiger partial charge in [0.2, 0.25) is 5.91 Å². The molecule has 35 heavy (non-hydrogen) atoms. The molecule has 1 saturated heterocycles. The Hall–Kier alpha value is -3.01. The Morgan fingerprint density at radius 1 is 1.14 bits per heavy atom. The number of likely N-dealkylation sites (tertiary alicyclic amines) is 1. The van der Waals surface area contributed by atoms with Crippen molar-refractivity contribution in [3.8, 4) is 0 Å². The molecule has 0 saturated carbocycles. The summed E-state index contributed by atoms with van der Waals surface area (Å²) < 4.78 is 0. The number of hydrogen-bond donors (Lipinski definition) is 2. The zero-order valence-corrected chi connectivity index (χ0v) is 21.0. The first kappa shape index (κ1) is 23.7. The summed E-state index contributed by atoms with van der Waals surface area (Å²) in [5.41, 5.74) is 6.47. The van der Waals surface area contributed by atoms with Gasteiger partial charge in [-0.2, -0.15) is 0 Å². The van der Waals surface area contributed by atoms with E-state index >= 15 is 0 Å². The highest BCUT2D eigenvalue weighted by Gasteiger charge is 2.37. The lowest BCUT2D eigenvalue weighted by atomic mass is 9.77. The Morgan fingerprint density at radius 2 is 2.00 bits per heavy atom. The van der Waals surface area contributed by atoms with Crippen molar-refractivity contribution in [2.24, 2.45) is 11.8 Å². The van der Waals surface area contributed by atoms with Gasteiger partial charge in [0.05, 0.1) is 12.5 Å². The van der Waals surface area contributed by atoms with E-state index in [9.17, 15) is 4.79 Å². The topological polar surface area (TPSA) is 44.4 Å². The van der Waals surface area contributed by atoms with Crippen LogP contribution < -0.4 is 10.6 Å². The molecule has 3 unspecified atom stereocenters. The van der Waals surface area contributed by atoms with Crippen LogP contribution in [0.4, 0.5) is 0 Å². The number of benzene rings is 1. The first-order valence-corrected chi connectivity index (χ1v) is 13.5. The zero-order valence-electron chi connectivity index (χ0n) is 21.0. The van der Waals surface area contributed by atoms with E-state index in [1.54, 1.807) is 5.57 Å². The highest BCUT2D eigenvalue weighted by molar-refractivity contribution is 5.79. The molecule has 1 aromatic rings. The van der Waals surface area contributed by atoms with Gasteiger partial charge in [-0.15, -0.1) is 0 Å². The second kappa shape index (κ2) is 10.7. The summed E-state index contributed by atoms with van der Waals surface area (Å²) in [4.78, 5) is 15.1. The number of nitrogens with one attached hydrogen (secondary N) is 2. The Balaban J connectivity index is 1.16. The van der Waals surface area contributed by atoms with Crippen LogP contribution in [0.5, 0.6) is 0 Å². The predicted octanol–water partition coefficient (Wildman–Crippen LogP) is 5.78. The predicted molar refractivity (Wildman–Crippen MR) is 143 cm³/mol. The van der Waals surface area contributed by atoms with Crippen molar-refractivity contribution in [3.63, 3.8) is 0 Å². The van der Waals surface area contributed by atoms with Gasteiger partial charge in [-0.05, 0) is 61.7 Å². The Bertz CT molecular complexity index is 1060. The molecule has 0 aromatic heterocycles. The minimum Gasteiger partial charge on any atom is -0.368 e. The lowest BCUT2D eigenvalue weighted by molar-refractivity contribution is -0.131. The maximum atomic E-state index is 13.1. The van der Waals surface area contributed by atoms with Crippen LogP contribution in [0.2, 0.25) is 0 Å². The van der Waals surface area contributed by atoms with Gasteiger partial charge in [-0.1, -0.05) is 73.7 Å². The molecule has 0 bridgehead atoms. The molecule has 0 spiro atoms. The molecule has 4 nitrogen and oxygen atoms in total. The fourth-order valence-corrected chi connectivity index (χ4v) is 6.20. The van der Waals surface area contributed by atoms with Crippen LogP contribution in [0.25, 0.3) is 0 Å². The number of allylic oxidation sites excluding steroid dienone is 7. The van der Waals surface area contributed by atoms with Crippen molar-refractivity contribution in [1.29, 1.82) is 0 Å². The molecule has 5 rings (SSSR count). The van der Waals surface area contributed by atoms with E-state index in [-0.39, 0.29) is 18.1 Å². The second-order valence-corrected chi connectivity index (χ2v) is 10.3. The number of amides is 1. The average Bonchev–Trinajstić information content (AvgIpc) is 3.59. The third-order valence-electron chi connectivity index (χ3n) is 8.19. The summed E-state index contributed by atoms with van der Waals surface area (Å²) in [6.45, 7) is 7.61. The molecule has 184 valence electrons. The second-order valence-electron chi connectivity index (χ2n) is 10.3. The van der Waals surface area contributed by atoms with Gasteiger partial charge in [0.25, 0.3) is 0 Å². The van der Waals surface area contributed by atoms with Crippen molar-refractivity contribution in [3.05, 3.63) is 95.4 Å². The first-order chi connectivity index (χ1) is 17.1. The first-order valence-electron chi connectivity index (χ1n) is 13.5. The van der Waals surface area contributed by atoms with Gasteiger partial charge in [0, 0.05) is 30.3 Å². The fraction of sp³-hybridized carbons (Fsp3) is 0.452. The molecule has 4 aliphatic rings. The van der Waals surface area contributed by atoms with Crippen LogP contribution >= 0.6 is 0 Å². The van der Waals surface area contributed by atoms with Crippen molar-refractivity contribution in [1.82, 2.24) is 15.5 Å². The lowest BCUT2D eigenvalue weighted by Crippen LogP contribution is -2.52. The minimum atomic E-state index is 0.0838. The third kappa shape index (κ3) is 5.17. The summed E-state index contributed by atoms with van der Waals surface area (Å²) in [5.74, 6) is 1.08. The summed E-state index contributed by atoms with van der Waals surface area (Å²) in [7, 11) is 0. The molecule has 2 N–H and O–H groups in total. The lowest BCUT2D eigenvalue weighted by Gasteiger charge is -2.31. The maximum Gasteiger partial charge on any atom is 0.227 e. The van der Waals surface area contributed by atoms with Crippen molar-refractivity contribution >= 4 is 5.91 Å². The van der Waals surface area contributed by atoms with Crippen molar-refractivity contribution in [2.45, 2.75) is 70.5 Å². The third-order valence-corrected chi connectivity index (χ3v) is 8.19. The monoisotopic (exact) mass is 469 g/mol. The molecule has 1 aromatic carbocycles. The standard InChI is InChI=1S/C31H39N3O/c1-3-24-12-7-8-13-27(24)22(2)25-15-17-26(18-16-25)28-21-32-31(33-28)29-14-9-19-34(29)30(35)20-23-10-5-4-6-11-23/h4-6,10-12,15-17,21,26-27,29,31-33H,2-3,7-9,13-14,18-20H2,1H3/t26?,27?,29-,31?/m0/s1. The fourth-order valence-electron chi connectivity index (χ4n) is 6.20. The molecular weight excluding hydrogens is 430 g/mol. The van der Waals surface area contributed by atoms with Gasteiger partial charge in [0.15, 0.2) is 0 Å². The van der Waals surface area contributed by atoms with Crippen LogP contribution in [0, 0.1) is 11.8 Å². The summed E-state index contributed by atoms with van der Waals surface area (Å²) in [6, 6.07) is 10.3. The number of hydrogen-bond acceptors (Lipinski definition) is 3. The van der Waals surface area contributed by atoms with Gasteiger partial charge in [0.1, 0.15) is 6.17 Å². The molecule has 2 aliphatic carbocycles. The molecule has 1 amide bonds. The molecule has 4 atom stereocenters. The van der Waals surface area contributed by atoms with Crippen LogP contribution in [-0.2, 0) is 11.2 Å². The molecule has 0 radical (unpaired) electrons. The zero-order chi connectivity index (χ0) is 24.2. The van der Waals surface area contributed by atoms with Crippen LogP contribution in [-0.4, -0.2) is 29.6 Å². The van der Waals surface area contributed by atoms with Crippen LogP contribution in [0.1, 0.15) is 57.4 Å². The summed E-state index contributed by atoms with van der Waals surface area (Å²) in [5, 5.41) is 7.27. The van der Waals surface area contributed by atoms with Gasteiger partial charge >= 0.3 is 0 Å². The quantitative estimate of drug-likeness (QED) is 0.498. The number of carbonyl (C=O) groups excluding carboxylic acids is 1. The Labute approximate surface area is 210 Å². The Morgan fingerprint density at radius 3 is 2.77 bits per heavy atom.